The summed E-state index contributed by atoms with van der Waals surface area (Å²) in [5, 5.41) is 35.1. The second-order valence-corrected chi connectivity index (χ2v) is 9.37. The van der Waals surface area contributed by atoms with Gasteiger partial charge in [-0.05, 0) is 42.5 Å². The highest BCUT2D eigenvalue weighted by Crippen LogP contribution is 2.12. The topological polar surface area (TPSA) is 251 Å². The molecule has 0 saturated carbocycles. The molecule has 0 radical (unpaired) electrons. The number of primary amides is 1. The highest BCUT2D eigenvalue weighted by molar-refractivity contribution is 7.98. The first-order chi connectivity index (χ1) is 17.8. The molecule has 4 atom stereocenters. The average Bonchev–Trinajstić information content (AvgIpc) is 2.84. The molecule has 4 unspecified atom stereocenters. The van der Waals surface area contributed by atoms with Crippen molar-refractivity contribution < 1.29 is 44.1 Å². The van der Waals surface area contributed by atoms with Gasteiger partial charge in [-0.2, -0.15) is 11.8 Å². The van der Waals surface area contributed by atoms with E-state index in [0.717, 1.165) is 0 Å². The van der Waals surface area contributed by atoms with Gasteiger partial charge in [-0.25, -0.2) is 4.79 Å². The van der Waals surface area contributed by atoms with Gasteiger partial charge in [-0.1, -0.05) is 12.1 Å². The van der Waals surface area contributed by atoms with Gasteiger partial charge in [0, 0.05) is 12.8 Å². The summed E-state index contributed by atoms with van der Waals surface area (Å²) in [7, 11) is 0. The van der Waals surface area contributed by atoms with Gasteiger partial charge < -0.3 is 42.7 Å². The van der Waals surface area contributed by atoms with Crippen LogP contribution in [0.3, 0.4) is 0 Å². The van der Waals surface area contributed by atoms with Gasteiger partial charge >= 0.3 is 11.9 Å². The lowest BCUT2D eigenvalue weighted by Gasteiger charge is -2.25. The summed E-state index contributed by atoms with van der Waals surface area (Å²) in [5.74, 6) is -5.63. The Bertz CT molecular complexity index is 1010. The maximum atomic E-state index is 13.0. The van der Waals surface area contributed by atoms with Crippen LogP contribution in [0.25, 0.3) is 0 Å². The van der Waals surface area contributed by atoms with E-state index in [0.29, 0.717) is 11.3 Å². The molecule has 1 rings (SSSR count). The van der Waals surface area contributed by atoms with Gasteiger partial charge in [0.2, 0.25) is 23.6 Å². The molecule has 38 heavy (non-hydrogen) atoms. The van der Waals surface area contributed by atoms with Crippen LogP contribution in [-0.2, 0) is 35.2 Å². The zero-order chi connectivity index (χ0) is 28.8. The summed E-state index contributed by atoms with van der Waals surface area (Å²) >= 11 is 1.37. The Kier molecular flexibility index (Phi) is 13.6. The minimum absolute atomic E-state index is 0.0280. The minimum Gasteiger partial charge on any atom is -0.508 e. The fraction of sp³-hybridized carbons (Fsp3) is 0.478. The first-order valence-electron chi connectivity index (χ1n) is 11.5. The smallest absolute Gasteiger partial charge is 0.326 e. The molecule has 0 aromatic heterocycles. The molecule has 0 aliphatic carbocycles. The molecular weight excluding hydrogens is 522 g/mol. The van der Waals surface area contributed by atoms with Crippen molar-refractivity contribution in [3.63, 3.8) is 0 Å². The summed E-state index contributed by atoms with van der Waals surface area (Å²) in [6.45, 7) is 0. The van der Waals surface area contributed by atoms with Crippen molar-refractivity contribution in [1.82, 2.24) is 16.0 Å². The number of phenolic OH excluding ortho intramolecular Hbond substituents is 1. The number of thioether (sulfide) groups is 1. The Balaban J connectivity index is 3.04. The number of carbonyl (C=O) groups excluding carboxylic acids is 4. The number of phenols is 1. The Morgan fingerprint density at radius 3 is 1.89 bits per heavy atom. The normalized spacial score (nSPS) is 13.8. The number of benzene rings is 1. The van der Waals surface area contributed by atoms with E-state index in [1.54, 1.807) is 6.26 Å². The Labute approximate surface area is 222 Å². The van der Waals surface area contributed by atoms with E-state index in [4.69, 9.17) is 16.6 Å². The number of hydrogen-bond acceptors (Lipinski definition) is 9. The molecule has 0 fully saturated rings. The van der Waals surface area contributed by atoms with Gasteiger partial charge in [0.1, 0.15) is 23.9 Å². The Morgan fingerprint density at radius 1 is 0.868 bits per heavy atom. The molecule has 1 aromatic carbocycles. The van der Waals surface area contributed by atoms with Crippen molar-refractivity contribution in [3.05, 3.63) is 29.8 Å². The largest absolute Gasteiger partial charge is 0.508 e. The third kappa shape index (κ3) is 11.9. The summed E-state index contributed by atoms with van der Waals surface area (Å²) < 4.78 is 0. The monoisotopic (exact) mass is 555 g/mol. The van der Waals surface area contributed by atoms with Crippen LogP contribution in [-0.4, -0.2) is 87.1 Å². The lowest BCUT2D eigenvalue weighted by Crippen LogP contribution is -2.57. The van der Waals surface area contributed by atoms with E-state index < -0.39 is 72.6 Å². The van der Waals surface area contributed by atoms with Crippen LogP contribution in [0.5, 0.6) is 5.75 Å². The molecule has 1 aromatic rings. The zero-order valence-corrected chi connectivity index (χ0v) is 21.5. The Hall–Kier alpha value is -3.85. The third-order valence-corrected chi connectivity index (χ3v) is 5.92. The molecule has 0 aliphatic rings. The highest BCUT2D eigenvalue weighted by atomic mass is 32.2. The Morgan fingerprint density at radius 2 is 1.39 bits per heavy atom. The van der Waals surface area contributed by atoms with Crippen LogP contribution in [0.2, 0.25) is 0 Å². The third-order valence-electron chi connectivity index (χ3n) is 5.27. The number of carbonyl (C=O) groups is 6. The predicted molar refractivity (Wildman–Crippen MR) is 137 cm³/mol. The summed E-state index contributed by atoms with van der Waals surface area (Å²) in [5.41, 5.74) is 11.2. The molecule has 0 heterocycles. The molecule has 15 heteroatoms. The number of nitrogens with two attached hydrogens (primary N) is 2. The zero-order valence-electron chi connectivity index (χ0n) is 20.7. The van der Waals surface area contributed by atoms with Gasteiger partial charge in [0.05, 0.1) is 12.5 Å². The molecule has 0 saturated heterocycles. The maximum absolute atomic E-state index is 13.0. The fourth-order valence-electron chi connectivity index (χ4n) is 3.24. The summed E-state index contributed by atoms with van der Waals surface area (Å²) in [6.07, 6.45) is 0.407. The van der Waals surface area contributed by atoms with Crippen LogP contribution in [0.4, 0.5) is 0 Å². The number of aromatic hydroxyl groups is 1. The summed E-state index contributed by atoms with van der Waals surface area (Å²) in [4.78, 5) is 72.2. The van der Waals surface area contributed by atoms with Crippen molar-refractivity contribution in [2.75, 3.05) is 12.0 Å². The second-order valence-electron chi connectivity index (χ2n) is 8.38. The number of carboxylic acids is 2. The first kappa shape index (κ1) is 32.2. The molecule has 210 valence electrons. The van der Waals surface area contributed by atoms with Crippen LogP contribution in [0, 0.1) is 0 Å². The molecule has 0 aliphatic heterocycles. The number of aliphatic carboxylic acids is 2. The molecule has 0 bridgehead atoms. The maximum Gasteiger partial charge on any atom is 0.326 e. The summed E-state index contributed by atoms with van der Waals surface area (Å²) in [6, 6.07) is 0.310. The van der Waals surface area contributed by atoms with Crippen LogP contribution < -0.4 is 27.4 Å². The standard InChI is InChI=1S/C23H33N5O9S/c1-38-9-8-16(26-20(33)14(24)11-18(25)30)22(35)27-15(6-7-19(31)32)21(34)28-17(23(36)37)10-12-2-4-13(29)5-3-12/h2-5,14-17,29H,6-11,24H2,1H3,(H2,25,30)(H,26,33)(H,27,35)(H,28,34)(H,31,32)(H,36,37). The molecular formula is C23H33N5O9S. The van der Waals surface area contributed by atoms with Crippen LogP contribution >= 0.6 is 11.8 Å². The SMILES string of the molecule is CSCCC(NC(=O)C(N)CC(N)=O)C(=O)NC(CCC(=O)O)C(=O)NC(Cc1ccc(O)cc1)C(=O)O. The first-order valence-corrected chi connectivity index (χ1v) is 12.9. The van der Waals surface area contributed by atoms with E-state index in [1.165, 1.54) is 36.0 Å². The highest BCUT2D eigenvalue weighted by Gasteiger charge is 2.31. The predicted octanol–water partition coefficient (Wildman–Crippen LogP) is -1.71. The molecule has 14 nitrogen and oxygen atoms in total. The molecule has 4 amide bonds. The molecule has 10 N–H and O–H groups in total. The average molecular weight is 556 g/mol. The number of nitrogens with one attached hydrogen (secondary N) is 3. The van der Waals surface area contributed by atoms with Gasteiger partial charge in [0.25, 0.3) is 0 Å². The van der Waals surface area contributed by atoms with Crippen LogP contribution in [0.15, 0.2) is 24.3 Å². The van der Waals surface area contributed by atoms with Crippen LogP contribution in [0.1, 0.15) is 31.2 Å². The quantitative estimate of drug-likeness (QED) is 0.107. The van der Waals surface area contributed by atoms with E-state index in [-0.39, 0.29) is 25.0 Å². The van der Waals surface area contributed by atoms with E-state index in [9.17, 15) is 39.0 Å². The van der Waals surface area contributed by atoms with Crippen molar-refractivity contribution >= 4 is 47.3 Å². The van der Waals surface area contributed by atoms with E-state index in [2.05, 4.69) is 16.0 Å². The number of hydrogen-bond donors (Lipinski definition) is 8. The van der Waals surface area contributed by atoms with Crippen molar-refractivity contribution in [1.29, 1.82) is 0 Å². The number of amides is 4. The lowest BCUT2D eigenvalue weighted by molar-refractivity contribution is -0.143. The second kappa shape index (κ2) is 16.1. The van der Waals surface area contributed by atoms with E-state index >= 15 is 0 Å². The van der Waals surface area contributed by atoms with Gasteiger partial charge in [-0.15, -0.1) is 0 Å². The van der Waals surface area contributed by atoms with Crippen molar-refractivity contribution in [2.24, 2.45) is 11.5 Å². The minimum atomic E-state index is -1.44. The van der Waals surface area contributed by atoms with Gasteiger partial charge in [-0.3, -0.25) is 24.0 Å². The number of rotatable bonds is 17. The van der Waals surface area contributed by atoms with Gasteiger partial charge in [0.15, 0.2) is 0 Å². The van der Waals surface area contributed by atoms with Crippen molar-refractivity contribution in [2.45, 2.75) is 56.3 Å². The fourth-order valence-corrected chi connectivity index (χ4v) is 3.71. The molecule has 0 spiro atoms. The van der Waals surface area contributed by atoms with Crippen molar-refractivity contribution in [3.8, 4) is 5.75 Å². The van der Waals surface area contributed by atoms with E-state index in [1.807, 2.05) is 0 Å². The lowest BCUT2D eigenvalue weighted by atomic mass is 10.0. The number of carboxylic acid groups (broad SMARTS) is 2.